The number of nitrogens with zero attached hydrogens (tertiary/aromatic N) is 9. The van der Waals surface area contributed by atoms with Crippen molar-refractivity contribution in [2.75, 3.05) is 13.2 Å². The smallest absolute Gasteiger partial charge is 0.335 e. The average Bonchev–Trinajstić information content (AvgIpc) is 1.66. The van der Waals surface area contributed by atoms with Crippen LogP contribution >= 0.6 is 12.4 Å². The van der Waals surface area contributed by atoms with Gasteiger partial charge in [-0.1, -0.05) is 96.0 Å². The van der Waals surface area contributed by atoms with Crippen LogP contribution < -0.4 is 31.2 Å². The van der Waals surface area contributed by atoms with Crippen LogP contribution in [0.4, 0.5) is 0 Å². The fraction of sp³-hybridized carbons (Fsp3) is 0.325. The first-order valence-corrected chi connectivity index (χ1v) is 33.3. The lowest BCUT2D eigenvalue weighted by Crippen LogP contribution is -2.22. The molecule has 0 fully saturated rings. The van der Waals surface area contributed by atoms with Crippen molar-refractivity contribution in [3.05, 3.63) is 205 Å². The summed E-state index contributed by atoms with van der Waals surface area (Å²) < 4.78 is 27.6. The lowest BCUT2D eigenvalue weighted by atomic mass is 10.0. The maximum absolute atomic E-state index is 10.7. The largest absolute Gasteiger partial charge is 0.490 e. The van der Waals surface area contributed by atoms with Crippen LogP contribution in [0.2, 0.25) is 0 Å². The number of carbonyl (C=O) groups is 1. The molecular formula is C77H85ClN12O13. The number of carboxylic acid groups (broad SMARTS) is 1. The Hall–Kier alpha value is -11.1. The Labute approximate surface area is 603 Å². The minimum Gasteiger partial charge on any atom is -0.490 e. The summed E-state index contributed by atoms with van der Waals surface area (Å²) in [6.07, 6.45) is 5.19. The lowest BCUT2D eigenvalue weighted by Gasteiger charge is -2.13. The van der Waals surface area contributed by atoms with Crippen LogP contribution in [0, 0.1) is 45.3 Å². The van der Waals surface area contributed by atoms with Crippen molar-refractivity contribution in [3.8, 4) is 87.2 Å². The minimum absolute atomic E-state index is 0. The number of fused-ring (bicyclic) bond motifs is 4. The molecule has 0 saturated heterocycles. The number of rotatable bonds is 15. The van der Waals surface area contributed by atoms with Gasteiger partial charge in [-0.05, 0) is 198 Å². The molecular weight excluding hydrogens is 1340 g/mol. The topological polar surface area (TPSA) is 436 Å². The number of benzene rings is 7. The van der Waals surface area contributed by atoms with Gasteiger partial charge in [0, 0.05) is 40.4 Å². The molecule has 12 N–H and O–H groups in total. The highest BCUT2D eigenvalue weighted by Gasteiger charge is 2.29. The molecule has 0 radical (unpaired) electrons. The molecule has 7 aromatic carbocycles. The van der Waals surface area contributed by atoms with Gasteiger partial charge in [0.1, 0.15) is 35.5 Å². The molecule has 4 atom stereocenters. The molecule has 4 aliphatic carbocycles. The number of nitrogens with two attached hydrogens (primary N) is 2. The van der Waals surface area contributed by atoms with Gasteiger partial charge in [0.25, 0.3) is 11.8 Å². The Morgan fingerprint density at radius 1 is 0.563 bits per heavy atom. The summed E-state index contributed by atoms with van der Waals surface area (Å²) >= 11 is 0. The van der Waals surface area contributed by atoms with E-state index in [0.717, 1.165) is 88.6 Å². The van der Waals surface area contributed by atoms with Gasteiger partial charge in [-0.3, -0.25) is 0 Å². The molecule has 2 heterocycles. The number of nitriles is 4. The van der Waals surface area contributed by atoms with Crippen LogP contribution in [0.25, 0.3) is 45.7 Å². The number of aliphatic hydroxyl groups is 4. The third kappa shape index (κ3) is 20.4. The van der Waals surface area contributed by atoms with Gasteiger partial charge in [-0.15, -0.1) is 12.4 Å². The van der Waals surface area contributed by atoms with E-state index in [2.05, 4.69) is 60.9 Å². The van der Waals surface area contributed by atoms with Crippen LogP contribution in [0.1, 0.15) is 188 Å². The van der Waals surface area contributed by atoms with Crippen molar-refractivity contribution in [1.82, 2.24) is 25.6 Å². The van der Waals surface area contributed by atoms with Crippen molar-refractivity contribution in [2.24, 2.45) is 16.8 Å². The number of ether oxygens (including phenoxy) is 3. The Bertz CT molecular complexity index is 4550. The Kier molecular flexibility index (Phi) is 30.8. The predicted molar refractivity (Wildman–Crippen MR) is 386 cm³/mol. The quantitative estimate of drug-likeness (QED) is 0.0197. The molecule has 0 amide bonds. The summed E-state index contributed by atoms with van der Waals surface area (Å²) in [6, 6.07) is 46.2. The number of aromatic carboxylic acids is 1. The number of halogens is 1. The van der Waals surface area contributed by atoms with Crippen molar-refractivity contribution in [3.63, 3.8) is 0 Å². The zero-order chi connectivity index (χ0) is 74.2. The second-order valence-corrected chi connectivity index (χ2v) is 24.1. The number of amidine groups is 1. The monoisotopic (exact) mass is 1420 g/mol. The highest BCUT2D eigenvalue weighted by Crippen LogP contribution is 2.40. The van der Waals surface area contributed by atoms with Crippen LogP contribution in [0.3, 0.4) is 0 Å². The number of aromatic nitrogens is 4. The number of hydrogen-bond acceptors (Lipinski definition) is 23. The molecule has 4 aliphatic rings. The van der Waals surface area contributed by atoms with E-state index in [9.17, 15) is 30.6 Å². The first-order valence-electron chi connectivity index (χ1n) is 33.3. The standard InChI is InChI=1S/C23H24N4O3.C21H19N3O3.C11H11NO3.C10H12N2O2.C10H9NO.C2H6.ClH.H3NO/c1-14(2)29-21-9-6-15(12-16(21)13-24)23-26-22(27-30-23)19-5-3-4-18-17(19)7-8-20(18)25-10-11-28;1-12(2)26-19-9-6-13(10-14(19)11-22)21-23-20(24-27-21)17-5-3-4-16-15(17)7-8-18(16)25;1-7(2)15-10-4-3-8(11(13)14)5-9(10)6-12;11-10(12-14)8-3-1-2-7-6(8)4-5-9(7)13;11-6-7-2-1-3-9-8(7)4-5-10(9)12;1-2;;1-2/h3-6,9,12,14,20,25,28H,7-8,10-11H2,1-2H3;3-6,9-10,12,18,25H,7-8H2,1-2H3;3-5,7H,1-2H3,(H,13,14);1-3,9,13-14H,4-5H2,(H2,11,12);1-3,10,12H,4-5H2;1-2H3;1H;2H,1H2. The lowest BCUT2D eigenvalue weighted by molar-refractivity contribution is 0.0696. The first-order chi connectivity index (χ1) is 49.3. The Balaban J connectivity index is 0.000000208. The van der Waals surface area contributed by atoms with E-state index in [1.54, 1.807) is 48.5 Å². The van der Waals surface area contributed by atoms with E-state index in [4.69, 9.17) is 60.1 Å². The average molecular weight is 1420 g/mol. The highest BCUT2D eigenvalue weighted by atomic mass is 35.5. The summed E-state index contributed by atoms with van der Waals surface area (Å²) in [7, 11) is 0. The predicted octanol–water partition coefficient (Wildman–Crippen LogP) is 12.8. The van der Waals surface area contributed by atoms with Crippen LogP contribution in [-0.4, -0.2) is 99.5 Å². The van der Waals surface area contributed by atoms with E-state index in [0.29, 0.717) is 87.9 Å². The number of hydrogen-bond donors (Lipinski definition) is 10. The summed E-state index contributed by atoms with van der Waals surface area (Å²) in [5, 5.41) is 113. The molecule has 538 valence electrons. The van der Waals surface area contributed by atoms with E-state index < -0.39 is 18.2 Å². The zero-order valence-electron chi connectivity index (χ0n) is 58.4. The Morgan fingerprint density at radius 3 is 1.42 bits per heavy atom. The summed E-state index contributed by atoms with van der Waals surface area (Å²) in [4.78, 5) is 19.8. The highest BCUT2D eigenvalue weighted by molar-refractivity contribution is 5.99. The van der Waals surface area contributed by atoms with Gasteiger partial charge in [0.15, 0.2) is 5.84 Å². The molecule has 9 aromatic rings. The van der Waals surface area contributed by atoms with Gasteiger partial charge in [-0.25, -0.2) is 10.7 Å². The van der Waals surface area contributed by atoms with Gasteiger partial charge in [-0.2, -0.15) is 31.0 Å². The molecule has 4 unspecified atom stereocenters. The molecule has 103 heavy (non-hydrogen) atoms. The fourth-order valence-electron chi connectivity index (χ4n) is 12.0. The SMILES string of the molecule is CC.CC(C)Oc1ccc(-c2nc(-c3cccc4c3CCC4NCCO)no2)cc1C#N.CC(C)Oc1ccc(-c2nc(-c3cccc4c3CCC4O)no2)cc1C#N.CC(C)Oc1ccc(C(=O)O)cc1C#N.Cl.N#Cc1cccc2c1CCC2O.N/C(=N/O)c1cccc2c1CCC2O.NO. The van der Waals surface area contributed by atoms with E-state index in [-0.39, 0.29) is 66.4 Å². The normalized spacial score (nSPS) is 15.3. The second-order valence-electron chi connectivity index (χ2n) is 24.1. The molecule has 2 aromatic heterocycles. The van der Waals surface area contributed by atoms with Gasteiger partial charge >= 0.3 is 5.97 Å². The number of nitrogens with one attached hydrogen (secondary N) is 1. The number of oxime groups is 1. The molecule has 0 spiro atoms. The molecule has 13 rings (SSSR count). The molecule has 25 nitrogen and oxygen atoms in total. The van der Waals surface area contributed by atoms with Crippen LogP contribution in [-0.2, 0) is 25.7 Å². The second kappa shape index (κ2) is 39.2. The fourth-order valence-corrected chi connectivity index (χ4v) is 12.0. The van der Waals surface area contributed by atoms with Crippen molar-refractivity contribution < 1.29 is 64.0 Å². The first kappa shape index (κ1) is 80.9. The third-order valence-corrected chi connectivity index (χ3v) is 16.5. The zero-order valence-corrected chi connectivity index (χ0v) is 59.2. The summed E-state index contributed by atoms with van der Waals surface area (Å²) in [5.41, 5.74) is 19.6. The minimum atomic E-state index is -1.05. The van der Waals surface area contributed by atoms with Crippen molar-refractivity contribution in [2.45, 2.75) is 149 Å². The molecule has 0 bridgehead atoms. The van der Waals surface area contributed by atoms with Crippen molar-refractivity contribution >= 4 is 24.2 Å². The number of aliphatic hydroxyl groups excluding tert-OH is 4. The van der Waals surface area contributed by atoms with E-state index >= 15 is 0 Å². The van der Waals surface area contributed by atoms with E-state index in [1.807, 2.05) is 116 Å². The van der Waals surface area contributed by atoms with Gasteiger partial charge < -0.3 is 70.3 Å². The third-order valence-electron chi connectivity index (χ3n) is 16.5. The van der Waals surface area contributed by atoms with Crippen LogP contribution in [0.5, 0.6) is 17.2 Å². The Morgan fingerprint density at radius 2 is 0.961 bits per heavy atom. The summed E-state index contributed by atoms with van der Waals surface area (Å²) in [5.74, 6) is 5.76. The summed E-state index contributed by atoms with van der Waals surface area (Å²) in [6.45, 7) is 16.0. The molecule has 26 heteroatoms. The maximum atomic E-state index is 10.7. The van der Waals surface area contributed by atoms with Gasteiger partial charge in [0.2, 0.25) is 11.6 Å². The number of carboxylic acids is 1. The molecule has 0 aliphatic heterocycles. The van der Waals surface area contributed by atoms with Gasteiger partial charge in [0.05, 0.1) is 77.1 Å². The maximum Gasteiger partial charge on any atom is 0.335 e. The van der Waals surface area contributed by atoms with E-state index in [1.165, 1.54) is 29.3 Å². The van der Waals surface area contributed by atoms with Crippen LogP contribution in [0.15, 0.2) is 142 Å². The molecule has 0 saturated carbocycles. The van der Waals surface area contributed by atoms with Crippen molar-refractivity contribution in [1.29, 1.82) is 21.0 Å².